The fraction of sp³-hybridized carbons (Fsp3) is 0.273. The molecule has 2 aromatic carbocycles. The lowest BCUT2D eigenvalue weighted by molar-refractivity contribution is -0.144. The average Bonchev–Trinajstić information content (AvgIpc) is 3.57. The summed E-state index contributed by atoms with van der Waals surface area (Å²) in [5.74, 6) is -1.36. The minimum Gasteiger partial charge on any atom is -0.367 e. The summed E-state index contributed by atoms with van der Waals surface area (Å²) in [5.41, 5.74) is 0.981. The number of hydrogen-bond acceptors (Lipinski definition) is 7. The van der Waals surface area contributed by atoms with E-state index >= 15 is 0 Å². The molecule has 0 unspecified atom stereocenters. The number of sulfonamides is 1. The molecule has 0 atom stereocenters. The molecule has 4 rings (SSSR count). The van der Waals surface area contributed by atoms with Crippen LogP contribution in [0.1, 0.15) is 29.8 Å². The van der Waals surface area contributed by atoms with E-state index in [-0.39, 0.29) is 39.3 Å². The number of hydrogen-bond donors (Lipinski definition) is 2. The molecular weight excluding hydrogens is 505 g/mol. The van der Waals surface area contributed by atoms with Gasteiger partial charge in [0.1, 0.15) is 5.82 Å². The molecule has 3 N–H and O–H groups in total. The van der Waals surface area contributed by atoms with E-state index in [1.807, 2.05) is 0 Å². The number of benzene rings is 2. The second-order valence-corrected chi connectivity index (χ2v) is 11.9. The Kier molecular flexibility index (Phi) is 6.36. The highest BCUT2D eigenvalue weighted by molar-refractivity contribution is 7.90. The number of primary sulfonamides is 1. The molecule has 186 valence electrons. The van der Waals surface area contributed by atoms with Crippen molar-refractivity contribution in [2.45, 2.75) is 41.3 Å². The lowest BCUT2D eigenvalue weighted by atomic mass is 9.99. The number of aromatic nitrogens is 2. The third kappa shape index (κ3) is 5.97. The zero-order valence-corrected chi connectivity index (χ0v) is 20.0. The number of nitrogens with zero attached hydrogens (tertiary/aromatic N) is 2. The number of alkyl halides is 3. The maximum Gasteiger partial charge on any atom is 0.451 e. The molecule has 13 heteroatoms. The van der Waals surface area contributed by atoms with Crippen molar-refractivity contribution >= 4 is 25.7 Å². The Labute approximate surface area is 200 Å². The van der Waals surface area contributed by atoms with Crippen LogP contribution in [-0.4, -0.2) is 39.1 Å². The molecule has 0 aliphatic heterocycles. The van der Waals surface area contributed by atoms with Gasteiger partial charge in [0.2, 0.25) is 15.8 Å². The van der Waals surface area contributed by atoms with Gasteiger partial charge in [0.15, 0.2) is 9.84 Å². The Hall–Kier alpha value is -3.03. The van der Waals surface area contributed by atoms with Gasteiger partial charge < -0.3 is 5.32 Å². The number of nitrogens with one attached hydrogen (secondary N) is 1. The van der Waals surface area contributed by atoms with Crippen LogP contribution < -0.4 is 10.5 Å². The van der Waals surface area contributed by atoms with E-state index in [1.54, 1.807) is 6.07 Å². The zero-order valence-electron chi connectivity index (χ0n) is 18.4. The quantitative estimate of drug-likeness (QED) is 0.482. The van der Waals surface area contributed by atoms with Crippen LogP contribution in [-0.2, 0) is 32.5 Å². The van der Waals surface area contributed by atoms with Crippen molar-refractivity contribution in [1.82, 2.24) is 9.97 Å². The van der Waals surface area contributed by atoms with Crippen molar-refractivity contribution in [2.24, 2.45) is 5.14 Å². The van der Waals surface area contributed by atoms with Crippen LogP contribution in [0.15, 0.2) is 58.3 Å². The van der Waals surface area contributed by atoms with Gasteiger partial charge in [-0.05, 0) is 42.7 Å². The highest BCUT2D eigenvalue weighted by atomic mass is 32.2. The standard InChI is InChI=1S/C22H21F3N4O4S2/c1-34(30,31)16-9-5-14(6-10-16)19-18(12-13-3-2-4-17(11-13)35(26,32)33)20(27-15-7-8-15)29-21(28-19)22(23,24)25/h2-6,9-11,15H,7-8,12H2,1H3,(H2,26,32,33)(H,27,28,29). The summed E-state index contributed by atoms with van der Waals surface area (Å²) in [6, 6.07) is 11.0. The van der Waals surface area contributed by atoms with Gasteiger partial charge in [-0.25, -0.2) is 31.9 Å². The van der Waals surface area contributed by atoms with Gasteiger partial charge in [0.05, 0.1) is 15.5 Å². The normalized spacial score (nSPS) is 14.7. The summed E-state index contributed by atoms with van der Waals surface area (Å²) < 4.78 is 88.2. The van der Waals surface area contributed by atoms with Crippen LogP contribution in [0.4, 0.5) is 19.0 Å². The van der Waals surface area contributed by atoms with Gasteiger partial charge in [-0.1, -0.05) is 24.3 Å². The van der Waals surface area contributed by atoms with E-state index in [0.717, 1.165) is 19.1 Å². The number of rotatable bonds is 7. The average molecular weight is 527 g/mol. The Morgan fingerprint density at radius 1 is 1.00 bits per heavy atom. The summed E-state index contributed by atoms with van der Waals surface area (Å²) in [7, 11) is -7.52. The van der Waals surface area contributed by atoms with Gasteiger partial charge in [-0.2, -0.15) is 13.2 Å². The molecule has 0 spiro atoms. The van der Waals surface area contributed by atoms with E-state index in [0.29, 0.717) is 11.1 Å². The summed E-state index contributed by atoms with van der Waals surface area (Å²) >= 11 is 0. The molecule has 0 bridgehead atoms. The van der Waals surface area contributed by atoms with E-state index in [4.69, 9.17) is 5.14 Å². The fourth-order valence-corrected chi connectivity index (χ4v) is 4.67. The van der Waals surface area contributed by atoms with E-state index in [9.17, 15) is 30.0 Å². The number of halogens is 3. The Bertz CT molecular complexity index is 1490. The molecule has 1 heterocycles. The van der Waals surface area contributed by atoms with Crippen molar-refractivity contribution in [2.75, 3.05) is 11.6 Å². The lowest BCUT2D eigenvalue weighted by Crippen LogP contribution is -2.17. The molecule has 1 fully saturated rings. The number of anilines is 1. The molecule has 1 aliphatic rings. The predicted molar refractivity (Wildman–Crippen MR) is 123 cm³/mol. The SMILES string of the molecule is CS(=O)(=O)c1ccc(-c2nc(C(F)(F)F)nc(NC3CC3)c2Cc2cccc(S(N)(=O)=O)c2)cc1. The first kappa shape index (κ1) is 25.1. The Morgan fingerprint density at radius 3 is 2.20 bits per heavy atom. The second-order valence-electron chi connectivity index (χ2n) is 8.31. The van der Waals surface area contributed by atoms with Crippen LogP contribution in [0.3, 0.4) is 0 Å². The van der Waals surface area contributed by atoms with Crippen molar-refractivity contribution in [3.63, 3.8) is 0 Å². The van der Waals surface area contributed by atoms with Crippen LogP contribution in [0.5, 0.6) is 0 Å². The molecule has 1 aliphatic carbocycles. The largest absolute Gasteiger partial charge is 0.451 e. The number of sulfone groups is 1. The fourth-order valence-electron chi connectivity index (χ4n) is 3.45. The third-order valence-electron chi connectivity index (χ3n) is 5.34. The summed E-state index contributed by atoms with van der Waals surface area (Å²) in [6.45, 7) is 0. The first-order chi connectivity index (χ1) is 16.2. The van der Waals surface area contributed by atoms with Crippen molar-refractivity contribution in [3.8, 4) is 11.3 Å². The topological polar surface area (TPSA) is 132 Å². The second kappa shape index (κ2) is 8.88. The van der Waals surface area contributed by atoms with Crippen LogP contribution in [0.25, 0.3) is 11.3 Å². The third-order valence-corrected chi connectivity index (χ3v) is 7.38. The van der Waals surface area contributed by atoms with Crippen molar-refractivity contribution in [3.05, 3.63) is 65.5 Å². The summed E-state index contributed by atoms with van der Waals surface area (Å²) in [5, 5.41) is 8.24. The lowest BCUT2D eigenvalue weighted by Gasteiger charge is -2.18. The predicted octanol–water partition coefficient (Wildman–Crippen LogP) is 3.38. The van der Waals surface area contributed by atoms with Gasteiger partial charge in [0.25, 0.3) is 0 Å². The van der Waals surface area contributed by atoms with Gasteiger partial charge >= 0.3 is 6.18 Å². The van der Waals surface area contributed by atoms with E-state index in [1.165, 1.54) is 42.5 Å². The van der Waals surface area contributed by atoms with Gasteiger partial charge in [-0.15, -0.1) is 0 Å². The monoisotopic (exact) mass is 526 g/mol. The minimum absolute atomic E-state index is 0.000286. The molecule has 1 aromatic heterocycles. The van der Waals surface area contributed by atoms with Crippen LogP contribution in [0, 0.1) is 0 Å². The molecule has 3 aromatic rings. The highest BCUT2D eigenvalue weighted by Crippen LogP contribution is 2.36. The molecule has 35 heavy (non-hydrogen) atoms. The Balaban J connectivity index is 1.90. The summed E-state index contributed by atoms with van der Waals surface area (Å²) in [6.07, 6.45) is -2.27. The molecule has 8 nitrogen and oxygen atoms in total. The van der Waals surface area contributed by atoms with Crippen molar-refractivity contribution in [1.29, 1.82) is 0 Å². The van der Waals surface area contributed by atoms with Crippen LogP contribution >= 0.6 is 0 Å². The van der Waals surface area contributed by atoms with Crippen molar-refractivity contribution < 1.29 is 30.0 Å². The Morgan fingerprint density at radius 2 is 1.66 bits per heavy atom. The van der Waals surface area contributed by atoms with Gasteiger partial charge in [-0.3, -0.25) is 0 Å². The molecule has 0 radical (unpaired) electrons. The van der Waals surface area contributed by atoms with Crippen LogP contribution in [0.2, 0.25) is 0 Å². The highest BCUT2D eigenvalue weighted by Gasteiger charge is 2.37. The van der Waals surface area contributed by atoms with E-state index in [2.05, 4.69) is 15.3 Å². The maximum absolute atomic E-state index is 13.7. The molecule has 0 saturated heterocycles. The number of nitrogens with two attached hydrogens (primary N) is 1. The molecular formula is C22H21F3N4O4S2. The van der Waals surface area contributed by atoms with Gasteiger partial charge in [0, 0.05) is 29.8 Å². The summed E-state index contributed by atoms with van der Waals surface area (Å²) in [4.78, 5) is 7.41. The smallest absolute Gasteiger partial charge is 0.367 e. The minimum atomic E-state index is -4.83. The first-order valence-corrected chi connectivity index (χ1v) is 13.8. The maximum atomic E-state index is 13.7. The zero-order chi connectivity index (χ0) is 25.6. The molecule has 0 amide bonds. The first-order valence-electron chi connectivity index (χ1n) is 10.4. The van der Waals surface area contributed by atoms with E-state index < -0.39 is 31.9 Å². The molecule has 1 saturated carbocycles.